The number of carbonyl (C=O) groups is 3. The van der Waals surface area contributed by atoms with Crippen molar-refractivity contribution in [1.82, 2.24) is 10.2 Å². The van der Waals surface area contributed by atoms with Crippen molar-refractivity contribution < 1.29 is 19.5 Å². The summed E-state index contributed by atoms with van der Waals surface area (Å²) in [5.74, 6) is -1.62. The summed E-state index contributed by atoms with van der Waals surface area (Å²) in [5.41, 5.74) is 4.66. The third-order valence-corrected chi connectivity index (χ3v) is 4.93. The Hall–Kier alpha value is -2.90. The summed E-state index contributed by atoms with van der Waals surface area (Å²) in [7, 11) is 0. The first-order chi connectivity index (χ1) is 13.0. The number of nitrogens with zero attached hydrogens (tertiary/aromatic N) is 1. The van der Waals surface area contributed by atoms with Crippen molar-refractivity contribution in [1.29, 1.82) is 0 Å². The molecule has 2 aliphatic rings. The zero-order chi connectivity index (χ0) is 19.0. The summed E-state index contributed by atoms with van der Waals surface area (Å²) >= 11 is 0. The van der Waals surface area contributed by atoms with Gasteiger partial charge in [0.05, 0.1) is 0 Å². The molecule has 0 atom stereocenters. The van der Waals surface area contributed by atoms with Crippen LogP contribution in [0.3, 0.4) is 0 Å². The van der Waals surface area contributed by atoms with E-state index in [9.17, 15) is 14.4 Å². The SMILES string of the molecule is Cl.O=C(O)CN1Cc2ccc(NC(=O)c3ccc4c(c3)CNCC4)cc2C1=O. The van der Waals surface area contributed by atoms with Crippen LogP contribution in [0.4, 0.5) is 5.69 Å². The highest BCUT2D eigenvalue weighted by Crippen LogP contribution is 2.26. The fourth-order valence-electron chi connectivity index (χ4n) is 3.55. The molecule has 2 amide bonds. The Morgan fingerprint density at radius 3 is 2.68 bits per heavy atom. The van der Waals surface area contributed by atoms with Crippen LogP contribution in [-0.2, 0) is 24.3 Å². The molecule has 2 aromatic carbocycles. The first-order valence-electron chi connectivity index (χ1n) is 8.79. The summed E-state index contributed by atoms with van der Waals surface area (Å²) in [6.07, 6.45) is 0.955. The molecule has 7 nitrogen and oxygen atoms in total. The van der Waals surface area contributed by atoms with E-state index >= 15 is 0 Å². The Kier molecular flexibility index (Phi) is 5.67. The van der Waals surface area contributed by atoms with Crippen molar-refractivity contribution in [2.45, 2.75) is 19.5 Å². The Balaban J connectivity index is 0.00000225. The molecule has 3 N–H and O–H groups in total. The van der Waals surface area contributed by atoms with Gasteiger partial charge in [-0.15, -0.1) is 12.4 Å². The molecular formula is C20H20ClN3O4. The van der Waals surface area contributed by atoms with Gasteiger partial charge in [-0.05, 0) is 53.9 Å². The van der Waals surface area contributed by atoms with Gasteiger partial charge in [-0.2, -0.15) is 0 Å². The highest BCUT2D eigenvalue weighted by molar-refractivity contribution is 6.06. The van der Waals surface area contributed by atoms with E-state index in [4.69, 9.17) is 5.11 Å². The highest BCUT2D eigenvalue weighted by Gasteiger charge is 2.29. The molecule has 0 fully saturated rings. The van der Waals surface area contributed by atoms with Crippen molar-refractivity contribution in [3.63, 3.8) is 0 Å². The monoisotopic (exact) mass is 401 g/mol. The second-order valence-electron chi connectivity index (χ2n) is 6.79. The first kappa shape index (κ1) is 19.9. The minimum atomic E-state index is -1.05. The molecule has 0 aromatic heterocycles. The lowest BCUT2D eigenvalue weighted by molar-refractivity contribution is -0.137. The molecule has 0 aliphatic carbocycles. The van der Waals surface area contributed by atoms with Gasteiger partial charge in [0.25, 0.3) is 11.8 Å². The average Bonchev–Trinajstić information content (AvgIpc) is 2.96. The fraction of sp³-hybridized carbons (Fsp3) is 0.250. The summed E-state index contributed by atoms with van der Waals surface area (Å²) in [6.45, 7) is 1.63. The number of rotatable bonds is 4. The van der Waals surface area contributed by atoms with E-state index in [1.807, 2.05) is 18.2 Å². The number of carboxylic acid groups (broad SMARTS) is 1. The van der Waals surface area contributed by atoms with Crippen LogP contribution < -0.4 is 10.6 Å². The molecule has 2 aliphatic heterocycles. The molecule has 28 heavy (non-hydrogen) atoms. The number of benzene rings is 2. The fourth-order valence-corrected chi connectivity index (χ4v) is 3.55. The molecule has 2 heterocycles. The minimum absolute atomic E-state index is 0. The third kappa shape index (κ3) is 3.85. The number of anilines is 1. The summed E-state index contributed by atoms with van der Waals surface area (Å²) < 4.78 is 0. The normalized spacial score (nSPS) is 14.7. The van der Waals surface area contributed by atoms with Crippen LogP contribution >= 0.6 is 12.4 Å². The van der Waals surface area contributed by atoms with Crippen LogP contribution in [0.25, 0.3) is 0 Å². The Labute approximate surface area is 168 Å². The predicted molar refractivity (Wildman–Crippen MR) is 106 cm³/mol. The molecule has 0 saturated heterocycles. The summed E-state index contributed by atoms with van der Waals surface area (Å²) in [6, 6.07) is 10.8. The van der Waals surface area contributed by atoms with Crippen LogP contribution in [0.15, 0.2) is 36.4 Å². The van der Waals surface area contributed by atoms with E-state index in [0.29, 0.717) is 16.8 Å². The van der Waals surface area contributed by atoms with Gasteiger partial charge in [0.2, 0.25) is 0 Å². The number of fused-ring (bicyclic) bond motifs is 2. The quantitative estimate of drug-likeness (QED) is 0.728. The number of aliphatic carboxylic acids is 1. The molecule has 0 radical (unpaired) electrons. The zero-order valence-electron chi connectivity index (χ0n) is 15.0. The number of carboxylic acids is 1. The molecule has 8 heteroatoms. The van der Waals surface area contributed by atoms with Crippen molar-refractivity contribution in [3.8, 4) is 0 Å². The van der Waals surface area contributed by atoms with Gasteiger partial charge in [-0.1, -0.05) is 12.1 Å². The van der Waals surface area contributed by atoms with Gasteiger partial charge in [0.15, 0.2) is 0 Å². The van der Waals surface area contributed by atoms with Crippen LogP contribution in [0.2, 0.25) is 0 Å². The maximum atomic E-state index is 12.6. The molecule has 0 unspecified atom stereocenters. The number of amides is 2. The third-order valence-electron chi connectivity index (χ3n) is 4.93. The first-order valence-corrected chi connectivity index (χ1v) is 8.79. The van der Waals surface area contributed by atoms with Crippen LogP contribution in [0.1, 0.15) is 37.4 Å². The average molecular weight is 402 g/mol. The van der Waals surface area contributed by atoms with Gasteiger partial charge in [0, 0.05) is 29.9 Å². The smallest absolute Gasteiger partial charge is 0.323 e. The standard InChI is InChI=1S/C20H19N3O4.ClH/c24-18(25)11-23-10-14-3-4-16(8-17(14)20(23)27)22-19(26)13-2-1-12-5-6-21-9-15(12)7-13;/h1-4,7-8,21H,5-6,9-11H2,(H,22,26)(H,24,25);1H. The Morgan fingerprint density at radius 2 is 1.89 bits per heavy atom. The highest BCUT2D eigenvalue weighted by atomic mass is 35.5. The second kappa shape index (κ2) is 8.00. The summed E-state index contributed by atoms with van der Waals surface area (Å²) in [4.78, 5) is 37.1. The number of hydrogen-bond acceptors (Lipinski definition) is 4. The van der Waals surface area contributed by atoms with Crippen molar-refractivity contribution in [3.05, 3.63) is 64.2 Å². The molecule has 2 aromatic rings. The van der Waals surface area contributed by atoms with E-state index in [1.54, 1.807) is 18.2 Å². The zero-order valence-corrected chi connectivity index (χ0v) is 15.8. The van der Waals surface area contributed by atoms with Crippen molar-refractivity contribution in [2.75, 3.05) is 18.4 Å². The number of halogens is 1. The number of nitrogens with one attached hydrogen (secondary N) is 2. The Bertz CT molecular complexity index is 960. The maximum Gasteiger partial charge on any atom is 0.323 e. The van der Waals surface area contributed by atoms with E-state index in [1.165, 1.54) is 10.5 Å². The van der Waals surface area contributed by atoms with E-state index < -0.39 is 5.97 Å². The molecule has 0 spiro atoms. The van der Waals surface area contributed by atoms with E-state index in [2.05, 4.69) is 10.6 Å². The molecule has 4 rings (SSSR count). The lowest BCUT2D eigenvalue weighted by atomic mass is 9.98. The molecular weight excluding hydrogens is 382 g/mol. The molecule has 0 saturated carbocycles. The largest absolute Gasteiger partial charge is 0.480 e. The molecule has 146 valence electrons. The van der Waals surface area contributed by atoms with Gasteiger partial charge in [-0.3, -0.25) is 14.4 Å². The van der Waals surface area contributed by atoms with Gasteiger partial charge >= 0.3 is 5.97 Å². The van der Waals surface area contributed by atoms with Gasteiger partial charge < -0.3 is 20.6 Å². The Morgan fingerprint density at radius 1 is 1.11 bits per heavy atom. The molecule has 0 bridgehead atoms. The van der Waals surface area contributed by atoms with E-state index in [0.717, 1.165) is 30.6 Å². The van der Waals surface area contributed by atoms with Crippen molar-refractivity contribution in [2.24, 2.45) is 0 Å². The van der Waals surface area contributed by atoms with Gasteiger partial charge in [0.1, 0.15) is 6.54 Å². The number of carbonyl (C=O) groups excluding carboxylic acids is 2. The summed E-state index contributed by atoms with van der Waals surface area (Å²) in [5, 5.41) is 15.0. The van der Waals surface area contributed by atoms with Crippen LogP contribution in [0, 0.1) is 0 Å². The van der Waals surface area contributed by atoms with Crippen LogP contribution in [0.5, 0.6) is 0 Å². The minimum Gasteiger partial charge on any atom is -0.480 e. The maximum absolute atomic E-state index is 12.6. The van der Waals surface area contributed by atoms with E-state index in [-0.39, 0.29) is 37.3 Å². The van der Waals surface area contributed by atoms with Gasteiger partial charge in [-0.25, -0.2) is 0 Å². The second-order valence-corrected chi connectivity index (χ2v) is 6.79. The predicted octanol–water partition coefficient (Wildman–Crippen LogP) is 2.05. The number of hydrogen-bond donors (Lipinski definition) is 3. The lowest BCUT2D eigenvalue weighted by Gasteiger charge is -2.17. The van der Waals surface area contributed by atoms with Crippen LogP contribution in [-0.4, -0.2) is 40.9 Å². The van der Waals surface area contributed by atoms with Crippen molar-refractivity contribution >= 4 is 35.9 Å². The topological polar surface area (TPSA) is 98.7 Å². The lowest BCUT2D eigenvalue weighted by Crippen LogP contribution is -2.29.